The van der Waals surface area contributed by atoms with E-state index in [2.05, 4.69) is 31.9 Å². The van der Waals surface area contributed by atoms with Gasteiger partial charge in [0.2, 0.25) is 10.9 Å². The molecule has 64 heavy (non-hydrogen) atoms. The Morgan fingerprint density at radius 1 is 0.797 bits per heavy atom. The summed E-state index contributed by atoms with van der Waals surface area (Å²) in [5.41, 5.74) is -0.0582. The number of aromatic nitrogens is 2. The number of amidine groups is 1. The number of hydrogen-bond acceptors (Lipinski definition) is 13. The fourth-order valence-corrected chi connectivity index (χ4v) is 10.0. The predicted octanol–water partition coefficient (Wildman–Crippen LogP) is 6.83. The maximum atomic E-state index is 14.6. The summed E-state index contributed by atoms with van der Waals surface area (Å²) in [5, 5.41) is 1.61. The monoisotopic (exact) mass is 933 g/mol. The highest BCUT2D eigenvalue weighted by Gasteiger charge is 2.50. The van der Waals surface area contributed by atoms with Gasteiger partial charge in [-0.05, 0) is 48.9 Å². The second kappa shape index (κ2) is 21.6. The number of amides is 4. The molecular weight excluding hydrogens is 886 g/mol. The molecule has 0 bridgehead atoms. The average Bonchev–Trinajstić information content (AvgIpc) is 3.52. The van der Waals surface area contributed by atoms with Crippen molar-refractivity contribution < 1.29 is 45.5 Å². The van der Waals surface area contributed by atoms with Crippen molar-refractivity contribution in [3.8, 4) is 0 Å². The summed E-state index contributed by atoms with van der Waals surface area (Å²) < 4.78 is 63.1. The van der Waals surface area contributed by atoms with Gasteiger partial charge in [0, 0.05) is 31.8 Å². The van der Waals surface area contributed by atoms with E-state index in [1.165, 1.54) is 62.6 Å². The Hall–Kier alpha value is -6.05. The number of aliphatic imine (C=N–C) groups is 1. The van der Waals surface area contributed by atoms with Crippen LogP contribution in [0.1, 0.15) is 115 Å². The molecule has 0 spiro atoms. The highest BCUT2D eigenvalue weighted by molar-refractivity contribution is 7.90. The van der Waals surface area contributed by atoms with Crippen molar-refractivity contribution in [2.75, 3.05) is 18.5 Å². The molecule has 1 aromatic heterocycles. The number of carbonyl (C=O) groups is 5. The van der Waals surface area contributed by atoms with Gasteiger partial charge in [-0.2, -0.15) is 8.42 Å². The number of hydrogen-bond donors (Lipinski definition) is 2. The van der Waals surface area contributed by atoms with Crippen molar-refractivity contribution in [2.24, 2.45) is 4.99 Å². The van der Waals surface area contributed by atoms with Gasteiger partial charge >= 0.3 is 5.97 Å². The van der Waals surface area contributed by atoms with E-state index in [1.807, 2.05) is 0 Å². The number of nitrogens with one attached hydrogen (secondary N) is 2. The summed E-state index contributed by atoms with van der Waals surface area (Å²) in [4.78, 5) is 80.4. The van der Waals surface area contributed by atoms with Crippen molar-refractivity contribution in [1.82, 2.24) is 23.9 Å². The average molecular weight is 934 g/mol. The third-order valence-corrected chi connectivity index (χ3v) is 13.9. The van der Waals surface area contributed by atoms with Crippen LogP contribution in [0.3, 0.4) is 0 Å². The van der Waals surface area contributed by atoms with Crippen LogP contribution in [0.4, 0.5) is 11.5 Å². The number of rotatable bonds is 22. The topological polar surface area (TPSA) is 232 Å². The van der Waals surface area contributed by atoms with E-state index < -0.39 is 78.9 Å². The lowest BCUT2D eigenvalue weighted by Crippen LogP contribution is -2.58. The van der Waals surface area contributed by atoms with Gasteiger partial charge in [-0.25, -0.2) is 37.2 Å². The number of anilines is 1. The predicted molar refractivity (Wildman–Crippen MR) is 237 cm³/mol. The van der Waals surface area contributed by atoms with Gasteiger partial charge in [0.15, 0.2) is 17.7 Å². The first-order valence-corrected chi connectivity index (χ1v) is 24.3. The maximum Gasteiger partial charge on any atom is 0.338 e. The largest absolute Gasteiger partial charge is 0.462 e. The van der Waals surface area contributed by atoms with E-state index in [4.69, 9.17) is 16.3 Å². The van der Waals surface area contributed by atoms with Crippen LogP contribution in [0.15, 0.2) is 100 Å². The molecule has 0 aliphatic carbocycles. The zero-order chi connectivity index (χ0) is 45.9. The first-order chi connectivity index (χ1) is 30.7. The van der Waals surface area contributed by atoms with Crippen LogP contribution < -0.4 is 10.0 Å². The van der Waals surface area contributed by atoms with Crippen molar-refractivity contribution in [2.45, 2.75) is 99.9 Å². The summed E-state index contributed by atoms with van der Waals surface area (Å²) in [5.74, 6) is -5.45. The van der Waals surface area contributed by atoms with E-state index in [1.54, 1.807) is 30.3 Å². The van der Waals surface area contributed by atoms with Crippen LogP contribution in [0, 0.1) is 0 Å². The van der Waals surface area contributed by atoms with Gasteiger partial charge in [-0.1, -0.05) is 107 Å². The minimum absolute atomic E-state index is 0.00230. The standard InChI is InChI=1S/C44H48ClN7O10S2/c1-2-3-4-5-6-7-8-9-10-14-22-36(53)50-63(58,59)31-23-24-35(34(45)29-31)48-40(54)37(52-42(55)32-20-15-16-21-33(32)43(52)56)39-49-38-41(47-26-25-46-38)64(60,61)51(39)27-17-28-62-44(57)30-18-12-11-13-19-30/h11-13,15-16,18-21,23-26,29,37H,2-10,14,17,22,27-28H2,1H3,(H,48,54)(H,50,53). The number of carbonyl (C=O) groups excluding carboxylic acids is 5. The Balaban J connectivity index is 1.22. The molecule has 17 nitrogen and oxygen atoms in total. The van der Waals surface area contributed by atoms with Gasteiger partial charge in [0.1, 0.15) is 0 Å². The lowest BCUT2D eigenvalue weighted by molar-refractivity contribution is -0.119. The first-order valence-electron chi connectivity index (χ1n) is 21.0. The van der Waals surface area contributed by atoms with E-state index in [9.17, 15) is 40.8 Å². The van der Waals surface area contributed by atoms with Gasteiger partial charge in [-0.15, -0.1) is 0 Å². The fraction of sp³-hybridized carbons (Fsp3) is 0.364. The van der Waals surface area contributed by atoms with Crippen LogP contribution >= 0.6 is 11.6 Å². The number of esters is 1. The van der Waals surface area contributed by atoms with Crippen LogP contribution in [-0.4, -0.2) is 90.6 Å². The molecule has 0 saturated carbocycles. The number of ether oxygens (including phenoxy) is 1. The van der Waals surface area contributed by atoms with Crippen molar-refractivity contribution in [3.63, 3.8) is 0 Å². The van der Waals surface area contributed by atoms with Crippen LogP contribution in [-0.2, 0) is 34.4 Å². The molecule has 2 aliphatic rings. The molecule has 0 fully saturated rings. The molecule has 4 amide bonds. The zero-order valence-corrected chi connectivity index (χ0v) is 37.5. The fourth-order valence-electron chi connectivity index (χ4n) is 7.22. The van der Waals surface area contributed by atoms with Crippen LogP contribution in [0.2, 0.25) is 5.02 Å². The molecule has 0 radical (unpaired) electrons. The molecule has 20 heteroatoms. The van der Waals surface area contributed by atoms with Gasteiger partial charge in [0.25, 0.3) is 37.8 Å². The third-order valence-electron chi connectivity index (χ3n) is 10.5. The second-order valence-electron chi connectivity index (χ2n) is 15.1. The minimum atomic E-state index is -4.69. The second-order valence-corrected chi connectivity index (χ2v) is 19.0. The van der Waals surface area contributed by atoms with Gasteiger partial charge in [-0.3, -0.25) is 24.1 Å². The lowest BCUT2D eigenvalue weighted by Gasteiger charge is -2.35. The Morgan fingerprint density at radius 2 is 1.41 bits per heavy atom. The van der Waals surface area contributed by atoms with Crippen molar-refractivity contribution >= 4 is 78.6 Å². The SMILES string of the molecule is CCCCCCCCCCCCC(=O)NS(=O)(=O)c1ccc(NC(=O)C(C2=Nc3nccnc3S(=O)(=O)N2CCCOC(=O)c2ccccc2)N2C(=O)c3ccccc3C2=O)c(Cl)c1. The van der Waals surface area contributed by atoms with E-state index >= 15 is 0 Å². The number of nitrogens with zero attached hydrogens (tertiary/aromatic N) is 5. The van der Waals surface area contributed by atoms with E-state index in [-0.39, 0.29) is 51.7 Å². The van der Waals surface area contributed by atoms with Gasteiger partial charge < -0.3 is 10.1 Å². The number of benzene rings is 3. The smallest absolute Gasteiger partial charge is 0.338 e. The number of halogens is 1. The summed E-state index contributed by atoms with van der Waals surface area (Å²) >= 11 is 6.54. The molecule has 2 N–H and O–H groups in total. The number of sulfonamides is 2. The number of imide groups is 1. The number of unbranched alkanes of at least 4 members (excludes halogenated alkanes) is 9. The highest BCUT2D eigenvalue weighted by atomic mass is 35.5. The van der Waals surface area contributed by atoms with Crippen LogP contribution in [0.25, 0.3) is 0 Å². The Labute approximate surface area is 376 Å². The molecule has 1 unspecified atom stereocenters. The summed E-state index contributed by atoms with van der Waals surface area (Å²) in [6.07, 6.45) is 12.6. The maximum absolute atomic E-state index is 14.6. The quantitative estimate of drug-likeness (QED) is 0.0469. The molecule has 2 aliphatic heterocycles. The van der Waals surface area contributed by atoms with Crippen LogP contribution in [0.5, 0.6) is 0 Å². The third kappa shape index (κ3) is 11.2. The summed E-state index contributed by atoms with van der Waals surface area (Å²) in [7, 11) is -9.09. The molecule has 4 aromatic rings. The van der Waals surface area contributed by atoms with Gasteiger partial charge in [0.05, 0.1) is 38.9 Å². The molecule has 3 aromatic carbocycles. The summed E-state index contributed by atoms with van der Waals surface area (Å²) in [6, 6.07) is 15.0. The lowest BCUT2D eigenvalue weighted by atomic mass is 10.1. The molecule has 0 saturated heterocycles. The Bertz CT molecular complexity index is 2610. The number of fused-ring (bicyclic) bond motifs is 2. The molecule has 6 rings (SSSR count). The van der Waals surface area contributed by atoms with E-state index in [0.29, 0.717) is 15.6 Å². The van der Waals surface area contributed by atoms with Crippen molar-refractivity contribution in [3.05, 3.63) is 107 Å². The van der Waals surface area contributed by atoms with Crippen molar-refractivity contribution in [1.29, 1.82) is 0 Å². The van der Waals surface area contributed by atoms with E-state index in [0.717, 1.165) is 50.1 Å². The minimum Gasteiger partial charge on any atom is -0.462 e. The highest BCUT2D eigenvalue weighted by Crippen LogP contribution is 2.34. The Morgan fingerprint density at radius 3 is 2.05 bits per heavy atom. The molecule has 3 heterocycles. The normalized spacial score (nSPS) is 14.6. The first kappa shape index (κ1) is 47.4. The molecular formula is C44H48ClN7O10S2. The Kier molecular flexibility index (Phi) is 16.0. The zero-order valence-electron chi connectivity index (χ0n) is 35.1. The molecule has 1 atom stereocenters. The summed E-state index contributed by atoms with van der Waals surface area (Å²) in [6.45, 7) is 1.43. The molecule has 338 valence electrons.